The van der Waals surface area contributed by atoms with Gasteiger partial charge in [-0.1, -0.05) is 79.0 Å². The Kier molecular flexibility index (Phi) is 6.10. The van der Waals surface area contributed by atoms with Crippen LogP contribution in [0.25, 0.3) is 28.7 Å². The molecule has 0 atom stereocenters. The highest BCUT2D eigenvalue weighted by atomic mass is 35.5. The summed E-state index contributed by atoms with van der Waals surface area (Å²) in [5.41, 5.74) is 4.17. The summed E-state index contributed by atoms with van der Waals surface area (Å²) in [6.07, 6.45) is 1.95. The van der Waals surface area contributed by atoms with E-state index in [4.69, 9.17) is 44.2 Å². The number of hydrogen-bond acceptors (Lipinski definition) is 4. The molecule has 2 heterocycles. The normalized spacial score (nSPS) is 14.3. The van der Waals surface area contributed by atoms with Crippen LogP contribution in [0.4, 0.5) is 0 Å². The van der Waals surface area contributed by atoms with E-state index in [1.165, 1.54) is 5.56 Å². The van der Waals surface area contributed by atoms with Gasteiger partial charge in [0.05, 0.1) is 16.1 Å². The average Bonchev–Trinajstić information content (AvgIpc) is 3.37. The van der Waals surface area contributed by atoms with Gasteiger partial charge in [-0.25, -0.2) is 4.98 Å². The first kappa shape index (κ1) is 24.2. The predicted octanol–water partition coefficient (Wildman–Crippen LogP) is 8.75. The Morgan fingerprint density at radius 3 is 2.22 bits per heavy atom. The minimum absolute atomic E-state index is 0.0809. The van der Waals surface area contributed by atoms with Crippen molar-refractivity contribution in [1.82, 2.24) is 19.7 Å². The molecule has 0 bridgehead atoms. The third-order valence-electron chi connectivity index (χ3n) is 6.83. The largest absolute Gasteiger partial charge is 0.418 e. The highest BCUT2D eigenvalue weighted by molar-refractivity contribution is 6.36. The fourth-order valence-electron chi connectivity index (χ4n) is 4.85. The smallest absolute Gasteiger partial charge is 0.268 e. The monoisotopic (exact) mass is 548 g/mol. The van der Waals surface area contributed by atoms with Crippen molar-refractivity contribution in [2.45, 2.75) is 38.0 Å². The first-order chi connectivity index (χ1) is 17.9. The third kappa shape index (κ3) is 4.25. The number of halogens is 3. The quantitative estimate of drug-likeness (QED) is 0.212. The van der Waals surface area contributed by atoms with Gasteiger partial charge >= 0.3 is 0 Å². The third-order valence-corrected chi connectivity index (χ3v) is 7.63. The van der Waals surface area contributed by atoms with Crippen LogP contribution in [-0.2, 0) is 5.41 Å². The van der Waals surface area contributed by atoms with Gasteiger partial charge in [0.1, 0.15) is 11.5 Å². The molecule has 3 aromatic carbocycles. The highest BCUT2D eigenvalue weighted by Crippen LogP contribution is 2.53. The van der Waals surface area contributed by atoms with Gasteiger partial charge in [-0.2, -0.15) is 0 Å². The Balaban J connectivity index is 1.55. The molecule has 0 radical (unpaired) electrons. The van der Waals surface area contributed by atoms with E-state index in [2.05, 4.69) is 40.7 Å². The highest BCUT2D eigenvalue weighted by Gasteiger charge is 2.51. The Bertz CT molecular complexity index is 1590. The van der Waals surface area contributed by atoms with Gasteiger partial charge in [0.25, 0.3) is 5.89 Å². The lowest BCUT2D eigenvalue weighted by Crippen LogP contribution is -2.08. The van der Waals surface area contributed by atoms with Crippen LogP contribution in [0.5, 0.6) is 0 Å². The molecule has 1 aliphatic carbocycles. The Morgan fingerprint density at radius 1 is 0.865 bits per heavy atom. The van der Waals surface area contributed by atoms with Gasteiger partial charge in [-0.3, -0.25) is 4.57 Å². The van der Waals surface area contributed by atoms with Crippen LogP contribution in [0.1, 0.15) is 49.8 Å². The van der Waals surface area contributed by atoms with Crippen molar-refractivity contribution in [3.8, 4) is 28.7 Å². The second-order valence-electron chi connectivity index (χ2n) is 9.62. The molecule has 1 fully saturated rings. The standard InChI is InChI=1S/C29H23Cl3N4O/c1-17(2)25-24(27-34-35-28(37-27)29(14-15-29)18-6-4-3-5-7-18)33-26(22-13-10-20(31)16-23(22)32)36(25)21-11-8-19(30)9-12-21/h3-13,16-17H,14-15H2,1-2H3. The zero-order valence-electron chi connectivity index (χ0n) is 20.3. The van der Waals surface area contributed by atoms with Crippen molar-refractivity contribution in [3.05, 3.63) is 105 Å². The molecule has 2 aromatic heterocycles. The molecule has 186 valence electrons. The maximum atomic E-state index is 6.67. The van der Waals surface area contributed by atoms with Crippen LogP contribution in [-0.4, -0.2) is 19.7 Å². The van der Waals surface area contributed by atoms with Gasteiger partial charge in [0, 0.05) is 21.3 Å². The maximum absolute atomic E-state index is 6.67. The van der Waals surface area contributed by atoms with Crippen molar-refractivity contribution in [3.63, 3.8) is 0 Å². The maximum Gasteiger partial charge on any atom is 0.268 e. The molecule has 1 saturated carbocycles. The van der Waals surface area contributed by atoms with Crippen LogP contribution in [0.2, 0.25) is 15.1 Å². The Hall–Kier alpha value is -3.12. The molecule has 0 spiro atoms. The van der Waals surface area contributed by atoms with Crippen molar-refractivity contribution in [2.24, 2.45) is 0 Å². The van der Waals surface area contributed by atoms with Gasteiger partial charge in [0.2, 0.25) is 5.89 Å². The summed E-state index contributed by atoms with van der Waals surface area (Å²) < 4.78 is 8.46. The molecule has 8 heteroatoms. The van der Waals surface area contributed by atoms with Crippen LogP contribution in [0.3, 0.4) is 0 Å². The molecule has 0 amide bonds. The summed E-state index contributed by atoms with van der Waals surface area (Å²) in [6, 6.07) is 23.4. The number of rotatable bonds is 6. The average molecular weight is 550 g/mol. The second-order valence-corrected chi connectivity index (χ2v) is 10.9. The predicted molar refractivity (Wildman–Crippen MR) is 148 cm³/mol. The summed E-state index contributed by atoms with van der Waals surface area (Å²) in [4.78, 5) is 5.06. The topological polar surface area (TPSA) is 56.7 Å². The molecule has 0 aliphatic heterocycles. The summed E-state index contributed by atoms with van der Waals surface area (Å²) >= 11 is 19.1. The first-order valence-corrected chi connectivity index (χ1v) is 13.2. The van der Waals surface area contributed by atoms with Crippen molar-refractivity contribution < 1.29 is 4.42 Å². The molecule has 5 nitrogen and oxygen atoms in total. The zero-order valence-corrected chi connectivity index (χ0v) is 22.5. The summed E-state index contributed by atoms with van der Waals surface area (Å²) in [5.74, 6) is 1.75. The van der Waals surface area contributed by atoms with E-state index < -0.39 is 0 Å². The number of nitrogens with zero attached hydrogens (tertiary/aromatic N) is 4. The number of benzene rings is 3. The van der Waals surface area contributed by atoms with Crippen LogP contribution in [0.15, 0.2) is 77.2 Å². The SMILES string of the molecule is CC(C)c1c(-c2nnc(C3(c4ccccc4)CC3)o2)nc(-c2ccc(Cl)cc2Cl)n1-c1ccc(Cl)cc1. The minimum Gasteiger partial charge on any atom is -0.418 e. The second kappa shape index (κ2) is 9.32. The fourth-order valence-corrected chi connectivity index (χ4v) is 5.46. The molecular formula is C29H23Cl3N4O. The van der Waals surface area contributed by atoms with E-state index in [1.54, 1.807) is 12.1 Å². The van der Waals surface area contributed by atoms with E-state index in [0.29, 0.717) is 38.4 Å². The molecule has 0 N–H and O–H groups in total. The van der Waals surface area contributed by atoms with Gasteiger partial charge < -0.3 is 4.42 Å². The molecule has 5 aromatic rings. The van der Waals surface area contributed by atoms with Crippen LogP contribution >= 0.6 is 34.8 Å². The first-order valence-electron chi connectivity index (χ1n) is 12.1. The molecule has 1 aliphatic rings. The Morgan fingerprint density at radius 2 is 1.57 bits per heavy atom. The number of aromatic nitrogens is 4. The van der Waals surface area contributed by atoms with Crippen LogP contribution < -0.4 is 0 Å². The number of imidazole rings is 1. The zero-order chi connectivity index (χ0) is 25.7. The van der Waals surface area contributed by atoms with Gasteiger partial charge in [-0.15, -0.1) is 10.2 Å². The lowest BCUT2D eigenvalue weighted by atomic mass is 9.96. The van der Waals surface area contributed by atoms with E-state index in [-0.39, 0.29) is 11.3 Å². The van der Waals surface area contributed by atoms with E-state index in [1.807, 2.05) is 48.5 Å². The van der Waals surface area contributed by atoms with Gasteiger partial charge in [0.15, 0.2) is 0 Å². The van der Waals surface area contributed by atoms with Crippen molar-refractivity contribution >= 4 is 34.8 Å². The summed E-state index contributed by atoms with van der Waals surface area (Å²) in [7, 11) is 0. The molecular weight excluding hydrogens is 527 g/mol. The van der Waals surface area contributed by atoms with Crippen molar-refractivity contribution in [2.75, 3.05) is 0 Å². The molecule has 6 rings (SSSR count). The lowest BCUT2D eigenvalue weighted by Gasteiger charge is -2.16. The van der Waals surface area contributed by atoms with E-state index >= 15 is 0 Å². The lowest BCUT2D eigenvalue weighted by molar-refractivity contribution is 0.470. The molecule has 0 unspecified atom stereocenters. The number of hydrogen-bond donors (Lipinski definition) is 0. The summed E-state index contributed by atoms with van der Waals surface area (Å²) in [6.45, 7) is 4.23. The van der Waals surface area contributed by atoms with Crippen LogP contribution in [0, 0.1) is 0 Å². The minimum atomic E-state index is -0.231. The molecule has 0 saturated heterocycles. The molecule has 37 heavy (non-hydrogen) atoms. The van der Waals surface area contributed by atoms with Gasteiger partial charge in [-0.05, 0) is 66.8 Å². The Labute approximate surface area is 230 Å². The van der Waals surface area contributed by atoms with Crippen molar-refractivity contribution in [1.29, 1.82) is 0 Å². The summed E-state index contributed by atoms with van der Waals surface area (Å²) in [5, 5.41) is 10.7. The fraction of sp³-hybridized carbons (Fsp3) is 0.207. The van der Waals surface area contributed by atoms with E-state index in [9.17, 15) is 0 Å². The van der Waals surface area contributed by atoms with E-state index in [0.717, 1.165) is 29.8 Å².